The number of hydrogen-bond acceptors (Lipinski definition) is 5. The fourth-order valence-corrected chi connectivity index (χ4v) is 5.74. The first-order chi connectivity index (χ1) is 21.6. The molecule has 1 aliphatic rings. The van der Waals surface area contributed by atoms with Crippen LogP contribution in [-0.4, -0.2) is 50.9 Å². The summed E-state index contributed by atoms with van der Waals surface area (Å²) in [5, 5.41) is 2.85. The van der Waals surface area contributed by atoms with Crippen molar-refractivity contribution in [3.8, 4) is 17.2 Å². The maximum absolute atomic E-state index is 12.3. The summed E-state index contributed by atoms with van der Waals surface area (Å²) in [6.45, 7) is 9.02. The molecule has 3 aromatic rings. The van der Waals surface area contributed by atoms with Gasteiger partial charge in [0.1, 0.15) is 23.9 Å². The van der Waals surface area contributed by atoms with Crippen LogP contribution in [0.1, 0.15) is 81.9 Å². The van der Waals surface area contributed by atoms with Gasteiger partial charge in [-0.3, -0.25) is 4.90 Å². The predicted molar refractivity (Wildman–Crippen MR) is 180 cm³/mol. The van der Waals surface area contributed by atoms with Crippen molar-refractivity contribution in [2.45, 2.75) is 71.6 Å². The van der Waals surface area contributed by atoms with E-state index < -0.39 is 6.09 Å². The second-order valence-electron chi connectivity index (χ2n) is 11.7. The number of methoxy groups -OCH3 is 1. The van der Waals surface area contributed by atoms with E-state index in [1.54, 1.807) is 7.11 Å². The standard InChI is InChI=1S/C38H50N2O4/c1-4-5-6-9-24-39-38(41)44-36-22-16-33(17-23-36)37(30(2)29-31-12-18-34(42-3)19-13-31)32-14-20-35(21-15-32)43-28-27-40-25-10-7-8-11-26-40/h12-23H,4-11,24-29H2,1-3H3,(H,39,41)/b37-30-. The van der Waals surface area contributed by atoms with Crippen LogP contribution in [0.25, 0.3) is 5.57 Å². The van der Waals surface area contributed by atoms with Gasteiger partial charge < -0.3 is 19.5 Å². The Labute approximate surface area is 264 Å². The second-order valence-corrected chi connectivity index (χ2v) is 11.7. The Morgan fingerprint density at radius 2 is 1.39 bits per heavy atom. The third-order valence-corrected chi connectivity index (χ3v) is 8.23. The molecule has 0 radical (unpaired) electrons. The predicted octanol–water partition coefficient (Wildman–Crippen LogP) is 8.68. The van der Waals surface area contributed by atoms with Gasteiger partial charge in [-0.05, 0) is 104 Å². The number of rotatable bonds is 15. The summed E-state index contributed by atoms with van der Waals surface area (Å²) in [6, 6.07) is 24.4. The second kappa shape index (κ2) is 18.1. The minimum absolute atomic E-state index is 0.410. The van der Waals surface area contributed by atoms with Crippen molar-refractivity contribution in [1.29, 1.82) is 0 Å². The van der Waals surface area contributed by atoms with Gasteiger partial charge in [0, 0.05) is 13.1 Å². The Kier molecular flexibility index (Phi) is 13.7. The molecule has 236 valence electrons. The summed E-state index contributed by atoms with van der Waals surface area (Å²) in [6.07, 6.45) is 10.1. The average molecular weight is 599 g/mol. The molecule has 0 aromatic heterocycles. The zero-order chi connectivity index (χ0) is 31.0. The summed E-state index contributed by atoms with van der Waals surface area (Å²) in [5.74, 6) is 2.27. The minimum atomic E-state index is -0.410. The molecule has 6 heteroatoms. The Bertz CT molecular complexity index is 1290. The summed E-state index contributed by atoms with van der Waals surface area (Å²) < 4.78 is 17.0. The van der Waals surface area contributed by atoms with E-state index in [2.05, 4.69) is 60.5 Å². The van der Waals surface area contributed by atoms with Gasteiger partial charge >= 0.3 is 6.09 Å². The molecule has 0 bridgehead atoms. The molecular weight excluding hydrogens is 548 g/mol. The zero-order valence-electron chi connectivity index (χ0n) is 26.9. The minimum Gasteiger partial charge on any atom is -0.497 e. The number of amides is 1. The lowest BCUT2D eigenvalue weighted by Gasteiger charge is -2.20. The van der Waals surface area contributed by atoms with Crippen LogP contribution in [0.4, 0.5) is 4.79 Å². The van der Waals surface area contributed by atoms with E-state index in [-0.39, 0.29) is 0 Å². The number of benzene rings is 3. The summed E-state index contributed by atoms with van der Waals surface area (Å²) in [4.78, 5) is 14.8. The van der Waals surface area contributed by atoms with Crippen molar-refractivity contribution in [2.24, 2.45) is 0 Å². The topological polar surface area (TPSA) is 60.0 Å². The van der Waals surface area contributed by atoms with Crippen LogP contribution in [0.2, 0.25) is 0 Å². The number of hydrogen-bond donors (Lipinski definition) is 1. The number of unbranched alkanes of at least 4 members (excludes halogenated alkanes) is 3. The van der Waals surface area contributed by atoms with E-state index >= 15 is 0 Å². The van der Waals surface area contributed by atoms with Crippen molar-refractivity contribution in [3.63, 3.8) is 0 Å². The Hall–Kier alpha value is -3.77. The quantitative estimate of drug-likeness (QED) is 0.177. The van der Waals surface area contributed by atoms with Crippen LogP contribution in [0.5, 0.6) is 17.2 Å². The highest BCUT2D eigenvalue weighted by Crippen LogP contribution is 2.31. The van der Waals surface area contributed by atoms with Crippen molar-refractivity contribution >= 4 is 11.7 Å². The molecule has 44 heavy (non-hydrogen) atoms. The van der Waals surface area contributed by atoms with Gasteiger partial charge in [-0.15, -0.1) is 0 Å². The molecule has 0 aliphatic carbocycles. The molecule has 1 amide bonds. The molecule has 0 saturated carbocycles. The van der Waals surface area contributed by atoms with Gasteiger partial charge in [-0.1, -0.05) is 81.0 Å². The average Bonchev–Trinajstić information content (AvgIpc) is 3.32. The van der Waals surface area contributed by atoms with Crippen LogP contribution in [0, 0.1) is 0 Å². The van der Waals surface area contributed by atoms with Crippen molar-refractivity contribution in [3.05, 3.63) is 95.1 Å². The summed E-state index contributed by atoms with van der Waals surface area (Å²) >= 11 is 0. The van der Waals surface area contributed by atoms with Gasteiger partial charge in [0.05, 0.1) is 7.11 Å². The van der Waals surface area contributed by atoms with Crippen LogP contribution in [0.3, 0.4) is 0 Å². The molecule has 1 fully saturated rings. The highest BCUT2D eigenvalue weighted by molar-refractivity contribution is 5.83. The number of carbonyl (C=O) groups excluding carboxylic acids is 1. The molecule has 1 N–H and O–H groups in total. The van der Waals surface area contributed by atoms with Crippen LogP contribution < -0.4 is 19.5 Å². The highest BCUT2D eigenvalue weighted by atomic mass is 16.6. The van der Waals surface area contributed by atoms with Gasteiger partial charge in [-0.25, -0.2) is 4.79 Å². The molecule has 1 saturated heterocycles. The van der Waals surface area contributed by atoms with Gasteiger partial charge in [0.15, 0.2) is 0 Å². The zero-order valence-corrected chi connectivity index (χ0v) is 26.9. The van der Waals surface area contributed by atoms with Crippen molar-refractivity contribution in [1.82, 2.24) is 10.2 Å². The smallest absolute Gasteiger partial charge is 0.412 e. The SMILES string of the molecule is CCCCCCNC(=O)Oc1ccc(/C(=C(/C)Cc2ccc(OC)cc2)c2ccc(OCCN3CCCCCC3)cc2)cc1. The summed E-state index contributed by atoms with van der Waals surface area (Å²) in [5.41, 5.74) is 5.80. The van der Waals surface area contributed by atoms with Crippen molar-refractivity contribution < 1.29 is 19.0 Å². The largest absolute Gasteiger partial charge is 0.497 e. The van der Waals surface area contributed by atoms with Gasteiger partial charge in [0.2, 0.25) is 0 Å². The van der Waals surface area contributed by atoms with E-state index in [1.807, 2.05) is 36.4 Å². The monoisotopic (exact) mass is 598 g/mol. The van der Waals surface area contributed by atoms with Crippen LogP contribution >= 0.6 is 0 Å². The molecule has 0 unspecified atom stereocenters. The molecule has 1 aliphatic heterocycles. The fraction of sp³-hybridized carbons (Fsp3) is 0.447. The number of ether oxygens (including phenoxy) is 3. The lowest BCUT2D eigenvalue weighted by molar-refractivity contribution is 0.200. The highest BCUT2D eigenvalue weighted by Gasteiger charge is 2.13. The third kappa shape index (κ3) is 10.7. The van der Waals surface area contributed by atoms with Crippen LogP contribution in [0.15, 0.2) is 78.4 Å². The molecule has 4 rings (SSSR count). The number of likely N-dealkylation sites (tertiary alicyclic amines) is 1. The normalized spacial score (nSPS) is 14.3. The molecule has 1 heterocycles. The number of allylic oxidation sites excluding steroid dienone is 1. The van der Waals surface area contributed by atoms with Gasteiger partial charge in [0.25, 0.3) is 0 Å². The molecule has 3 aromatic carbocycles. The Balaban J connectivity index is 1.46. The van der Waals surface area contributed by atoms with Crippen LogP contribution in [-0.2, 0) is 6.42 Å². The van der Waals surface area contributed by atoms with E-state index in [0.717, 1.165) is 54.0 Å². The molecular formula is C38H50N2O4. The third-order valence-electron chi connectivity index (χ3n) is 8.23. The van der Waals surface area contributed by atoms with E-state index in [9.17, 15) is 4.79 Å². The van der Waals surface area contributed by atoms with Gasteiger partial charge in [-0.2, -0.15) is 0 Å². The Morgan fingerprint density at radius 1 is 0.773 bits per heavy atom. The molecule has 0 atom stereocenters. The summed E-state index contributed by atoms with van der Waals surface area (Å²) in [7, 11) is 1.69. The van der Waals surface area contributed by atoms with Crippen molar-refractivity contribution in [2.75, 3.05) is 39.9 Å². The first-order valence-corrected chi connectivity index (χ1v) is 16.4. The maximum Gasteiger partial charge on any atom is 0.412 e. The van der Waals surface area contributed by atoms with E-state index in [1.165, 1.54) is 62.8 Å². The Morgan fingerprint density at radius 3 is 2.00 bits per heavy atom. The maximum atomic E-state index is 12.3. The number of nitrogens with zero attached hydrogens (tertiary/aromatic N) is 1. The molecule has 6 nitrogen and oxygen atoms in total. The lowest BCUT2D eigenvalue weighted by Crippen LogP contribution is -2.29. The number of carbonyl (C=O) groups is 1. The molecule has 0 spiro atoms. The first kappa shape index (κ1) is 33.1. The number of nitrogens with one attached hydrogen (secondary N) is 1. The first-order valence-electron chi connectivity index (χ1n) is 16.4. The van der Waals surface area contributed by atoms with E-state index in [0.29, 0.717) is 18.9 Å². The lowest BCUT2D eigenvalue weighted by atomic mass is 9.90. The van der Waals surface area contributed by atoms with E-state index in [4.69, 9.17) is 14.2 Å². The fourth-order valence-electron chi connectivity index (χ4n) is 5.74.